The Hall–Kier alpha value is -2.61. The second kappa shape index (κ2) is 6.90. The fourth-order valence-electron chi connectivity index (χ4n) is 2.52. The molecule has 2 heteroatoms. The van der Waals surface area contributed by atoms with Crippen LogP contribution in [0.2, 0.25) is 0 Å². The standard InChI is InChI=1S/C20H18BN/c21-19-14-8-7-13-18(19)15-22-20(16-9-3-1-4-10-16)17-11-5-2-6-12-17/h1-15,20H,21H2/b22-15+. The molecular formula is C20H18BN. The lowest BCUT2D eigenvalue weighted by atomic mass is 9.91. The van der Waals surface area contributed by atoms with Crippen LogP contribution in [0.25, 0.3) is 0 Å². The van der Waals surface area contributed by atoms with E-state index in [0.717, 1.165) is 0 Å². The minimum atomic E-state index is 0.0296. The summed E-state index contributed by atoms with van der Waals surface area (Å²) in [7, 11) is 2.11. The normalized spacial score (nSPS) is 11.1. The van der Waals surface area contributed by atoms with Crippen molar-refractivity contribution in [1.29, 1.82) is 0 Å². The van der Waals surface area contributed by atoms with E-state index in [-0.39, 0.29) is 6.04 Å². The largest absolute Gasteiger partial charge is 0.280 e. The number of rotatable bonds is 4. The highest BCUT2D eigenvalue weighted by atomic mass is 14.8. The van der Waals surface area contributed by atoms with Crippen molar-refractivity contribution >= 4 is 19.5 Å². The first-order valence-electron chi connectivity index (χ1n) is 7.53. The van der Waals surface area contributed by atoms with Gasteiger partial charge in [-0.1, -0.05) is 90.4 Å². The molecule has 3 aromatic rings. The van der Waals surface area contributed by atoms with Gasteiger partial charge < -0.3 is 0 Å². The Labute approximate surface area is 132 Å². The van der Waals surface area contributed by atoms with Gasteiger partial charge in [0.15, 0.2) is 0 Å². The Morgan fingerprint density at radius 3 is 1.73 bits per heavy atom. The van der Waals surface area contributed by atoms with Gasteiger partial charge in [-0.2, -0.15) is 0 Å². The zero-order valence-corrected chi connectivity index (χ0v) is 12.7. The molecule has 0 aliphatic rings. The number of hydrogen-bond acceptors (Lipinski definition) is 1. The molecule has 0 aliphatic carbocycles. The summed E-state index contributed by atoms with van der Waals surface area (Å²) in [4.78, 5) is 4.87. The van der Waals surface area contributed by atoms with E-state index in [2.05, 4.69) is 74.6 Å². The van der Waals surface area contributed by atoms with Gasteiger partial charge in [-0.05, 0) is 16.7 Å². The second-order valence-corrected chi connectivity index (χ2v) is 5.36. The van der Waals surface area contributed by atoms with Crippen LogP contribution >= 0.6 is 0 Å². The van der Waals surface area contributed by atoms with Crippen LogP contribution in [0.15, 0.2) is 89.9 Å². The minimum absolute atomic E-state index is 0.0296. The molecule has 0 bridgehead atoms. The highest BCUT2D eigenvalue weighted by molar-refractivity contribution is 6.35. The minimum Gasteiger partial charge on any atom is -0.280 e. The first-order valence-corrected chi connectivity index (χ1v) is 7.53. The topological polar surface area (TPSA) is 12.4 Å². The van der Waals surface area contributed by atoms with Gasteiger partial charge in [0.2, 0.25) is 0 Å². The lowest BCUT2D eigenvalue weighted by molar-refractivity contribution is 0.878. The Morgan fingerprint density at radius 1 is 0.682 bits per heavy atom. The summed E-state index contributed by atoms with van der Waals surface area (Å²) in [5.74, 6) is 0. The summed E-state index contributed by atoms with van der Waals surface area (Å²) >= 11 is 0. The fourth-order valence-corrected chi connectivity index (χ4v) is 2.52. The summed E-state index contributed by atoms with van der Waals surface area (Å²) in [5, 5.41) is 0. The third-order valence-corrected chi connectivity index (χ3v) is 3.78. The number of benzene rings is 3. The molecule has 0 radical (unpaired) electrons. The van der Waals surface area contributed by atoms with Crippen molar-refractivity contribution in [3.05, 3.63) is 102 Å². The quantitative estimate of drug-likeness (QED) is 0.515. The summed E-state index contributed by atoms with van der Waals surface area (Å²) < 4.78 is 0. The Bertz CT molecular complexity index is 711. The van der Waals surface area contributed by atoms with Gasteiger partial charge >= 0.3 is 0 Å². The SMILES string of the molecule is Bc1ccccc1/C=N/C(c1ccccc1)c1ccccc1. The molecule has 3 aromatic carbocycles. The maximum Gasteiger partial charge on any atom is 0.140 e. The number of hydrogen-bond donors (Lipinski definition) is 0. The van der Waals surface area contributed by atoms with Crippen LogP contribution in [0.1, 0.15) is 22.7 Å². The van der Waals surface area contributed by atoms with Crippen molar-refractivity contribution in [2.75, 3.05) is 0 Å². The molecule has 0 amide bonds. The molecule has 0 aromatic heterocycles. The average molecular weight is 283 g/mol. The van der Waals surface area contributed by atoms with Gasteiger partial charge in [0, 0.05) is 6.21 Å². The van der Waals surface area contributed by atoms with E-state index in [1.165, 1.54) is 22.2 Å². The van der Waals surface area contributed by atoms with Gasteiger partial charge in [0.05, 0.1) is 6.04 Å². The van der Waals surface area contributed by atoms with Crippen LogP contribution in [-0.2, 0) is 0 Å². The summed E-state index contributed by atoms with van der Waals surface area (Å²) in [6.07, 6.45) is 1.99. The zero-order valence-electron chi connectivity index (χ0n) is 12.7. The summed E-state index contributed by atoms with van der Waals surface area (Å²) in [6.45, 7) is 0. The first-order chi connectivity index (χ1) is 10.8. The van der Waals surface area contributed by atoms with Crippen LogP contribution in [-0.4, -0.2) is 14.1 Å². The molecule has 0 unspecified atom stereocenters. The van der Waals surface area contributed by atoms with Gasteiger partial charge in [0.1, 0.15) is 7.85 Å². The molecule has 0 N–H and O–H groups in total. The lowest BCUT2D eigenvalue weighted by Gasteiger charge is -2.13. The third kappa shape index (κ3) is 3.34. The first kappa shape index (κ1) is 14.3. The molecule has 0 fully saturated rings. The highest BCUT2D eigenvalue weighted by Crippen LogP contribution is 2.25. The average Bonchev–Trinajstić information content (AvgIpc) is 2.59. The molecule has 0 spiro atoms. The molecule has 22 heavy (non-hydrogen) atoms. The predicted octanol–water partition coefficient (Wildman–Crippen LogP) is 3.15. The maximum absolute atomic E-state index is 4.87. The van der Waals surface area contributed by atoms with E-state index in [9.17, 15) is 0 Å². The maximum atomic E-state index is 4.87. The number of nitrogens with zero attached hydrogens (tertiary/aromatic N) is 1. The lowest BCUT2D eigenvalue weighted by Crippen LogP contribution is -2.09. The Balaban J connectivity index is 1.98. The van der Waals surface area contributed by atoms with Crippen molar-refractivity contribution in [3.63, 3.8) is 0 Å². The smallest absolute Gasteiger partial charge is 0.140 e. The van der Waals surface area contributed by atoms with Crippen LogP contribution in [0, 0.1) is 0 Å². The molecular weight excluding hydrogens is 265 g/mol. The number of aliphatic imine (C=N–C) groups is 1. The zero-order chi connectivity index (χ0) is 15.2. The van der Waals surface area contributed by atoms with Crippen LogP contribution in [0.4, 0.5) is 0 Å². The van der Waals surface area contributed by atoms with E-state index in [4.69, 9.17) is 4.99 Å². The van der Waals surface area contributed by atoms with E-state index in [1.807, 2.05) is 24.4 Å². The third-order valence-electron chi connectivity index (χ3n) is 3.78. The van der Waals surface area contributed by atoms with Crippen molar-refractivity contribution in [3.8, 4) is 0 Å². The molecule has 1 nitrogen and oxygen atoms in total. The van der Waals surface area contributed by atoms with Gasteiger partial charge in [-0.3, -0.25) is 4.99 Å². The summed E-state index contributed by atoms with van der Waals surface area (Å²) in [6, 6.07) is 29.2. The van der Waals surface area contributed by atoms with Crippen LogP contribution in [0.5, 0.6) is 0 Å². The molecule has 0 saturated carbocycles. The monoisotopic (exact) mass is 283 g/mol. The fraction of sp³-hybridized carbons (Fsp3) is 0.0500. The molecule has 106 valence electrons. The van der Waals surface area contributed by atoms with Crippen molar-refractivity contribution < 1.29 is 0 Å². The van der Waals surface area contributed by atoms with E-state index >= 15 is 0 Å². The van der Waals surface area contributed by atoms with E-state index in [0.29, 0.717) is 0 Å². The molecule has 0 atom stereocenters. The molecule has 0 aliphatic heterocycles. The van der Waals surface area contributed by atoms with Crippen molar-refractivity contribution in [1.82, 2.24) is 0 Å². The second-order valence-electron chi connectivity index (χ2n) is 5.36. The van der Waals surface area contributed by atoms with Gasteiger partial charge in [0.25, 0.3) is 0 Å². The van der Waals surface area contributed by atoms with Crippen LogP contribution in [0.3, 0.4) is 0 Å². The Morgan fingerprint density at radius 2 is 1.18 bits per heavy atom. The van der Waals surface area contributed by atoms with E-state index < -0.39 is 0 Å². The molecule has 3 rings (SSSR count). The predicted molar refractivity (Wildman–Crippen MR) is 96.9 cm³/mol. The van der Waals surface area contributed by atoms with Gasteiger partial charge in [-0.25, -0.2) is 0 Å². The van der Waals surface area contributed by atoms with Crippen molar-refractivity contribution in [2.24, 2.45) is 4.99 Å². The highest BCUT2D eigenvalue weighted by Gasteiger charge is 2.11. The summed E-state index contributed by atoms with van der Waals surface area (Å²) in [5.41, 5.74) is 4.82. The van der Waals surface area contributed by atoms with Crippen molar-refractivity contribution in [2.45, 2.75) is 6.04 Å². The van der Waals surface area contributed by atoms with E-state index in [1.54, 1.807) is 0 Å². The molecule has 0 saturated heterocycles. The molecule has 0 heterocycles. The van der Waals surface area contributed by atoms with Gasteiger partial charge in [-0.15, -0.1) is 0 Å². The van der Waals surface area contributed by atoms with Crippen LogP contribution < -0.4 is 5.46 Å². The Kier molecular flexibility index (Phi) is 4.50.